The Hall–Kier alpha value is -1.61. The van der Waals surface area contributed by atoms with E-state index in [1.807, 2.05) is 19.9 Å². The van der Waals surface area contributed by atoms with Gasteiger partial charge in [0.05, 0.1) is 18.7 Å². The number of carbonyl (C=O) groups is 2. The van der Waals surface area contributed by atoms with Gasteiger partial charge in [-0.2, -0.15) is 5.26 Å². The van der Waals surface area contributed by atoms with Crippen LogP contribution in [0, 0.1) is 11.3 Å². The maximum atomic E-state index is 11.6. The van der Waals surface area contributed by atoms with Gasteiger partial charge >= 0.3 is 6.03 Å². The second kappa shape index (κ2) is 6.80. The first-order valence-corrected chi connectivity index (χ1v) is 5.09. The zero-order valence-corrected chi connectivity index (χ0v) is 10.1. The molecule has 16 heavy (non-hydrogen) atoms. The molecule has 0 saturated carbocycles. The van der Waals surface area contributed by atoms with Gasteiger partial charge in [0.2, 0.25) is 5.91 Å². The van der Waals surface area contributed by atoms with Crippen LogP contribution in [0.1, 0.15) is 20.8 Å². The number of carbonyl (C=O) groups excluding carboxylic acids is 2. The van der Waals surface area contributed by atoms with Crippen LogP contribution in [0.5, 0.6) is 0 Å². The van der Waals surface area contributed by atoms with Gasteiger partial charge in [-0.15, -0.1) is 0 Å². The van der Waals surface area contributed by atoms with Crippen molar-refractivity contribution in [1.29, 1.82) is 5.26 Å². The molecule has 0 saturated heterocycles. The van der Waals surface area contributed by atoms with E-state index in [9.17, 15) is 9.59 Å². The van der Waals surface area contributed by atoms with Crippen molar-refractivity contribution in [1.82, 2.24) is 15.5 Å². The zero-order valence-electron chi connectivity index (χ0n) is 10.1. The third-order valence-electron chi connectivity index (χ3n) is 2.26. The number of hydrogen-bond donors (Lipinski definition) is 2. The Kier molecular flexibility index (Phi) is 6.11. The number of nitrogens with one attached hydrogen (secondary N) is 2. The van der Waals surface area contributed by atoms with Crippen molar-refractivity contribution in [2.45, 2.75) is 32.9 Å². The number of nitrogens with zero attached hydrogens (tertiary/aromatic N) is 2. The highest BCUT2D eigenvalue weighted by atomic mass is 16.2. The number of nitriles is 1. The lowest BCUT2D eigenvalue weighted by atomic mass is 10.2. The second-order valence-corrected chi connectivity index (χ2v) is 3.67. The minimum atomic E-state index is -0.544. The SMILES string of the molecule is CNC(=O)NC(=O)C(C)N(CC#N)C(C)C. The van der Waals surface area contributed by atoms with Gasteiger partial charge in [-0.1, -0.05) is 0 Å². The summed E-state index contributed by atoms with van der Waals surface area (Å²) in [5.74, 6) is -0.414. The summed E-state index contributed by atoms with van der Waals surface area (Å²) in [4.78, 5) is 24.3. The quantitative estimate of drug-likeness (QED) is 0.664. The molecule has 0 rings (SSSR count). The van der Waals surface area contributed by atoms with Crippen LogP contribution in [-0.2, 0) is 4.79 Å². The van der Waals surface area contributed by atoms with Gasteiger partial charge in [0.25, 0.3) is 0 Å². The molecule has 0 radical (unpaired) electrons. The highest BCUT2D eigenvalue weighted by Gasteiger charge is 2.24. The molecular formula is C10H18N4O2. The molecule has 0 spiro atoms. The molecule has 0 aliphatic carbocycles. The van der Waals surface area contributed by atoms with Crippen LogP contribution in [-0.4, -0.2) is 42.5 Å². The monoisotopic (exact) mass is 226 g/mol. The molecule has 0 aromatic carbocycles. The van der Waals surface area contributed by atoms with Crippen LogP contribution in [0.15, 0.2) is 0 Å². The van der Waals surface area contributed by atoms with Crippen molar-refractivity contribution in [2.75, 3.05) is 13.6 Å². The third-order valence-corrected chi connectivity index (χ3v) is 2.26. The number of rotatable bonds is 4. The van der Waals surface area contributed by atoms with Gasteiger partial charge in [0.1, 0.15) is 0 Å². The van der Waals surface area contributed by atoms with E-state index in [1.54, 1.807) is 11.8 Å². The van der Waals surface area contributed by atoms with E-state index in [2.05, 4.69) is 10.6 Å². The van der Waals surface area contributed by atoms with Crippen LogP contribution < -0.4 is 10.6 Å². The normalized spacial score (nSPS) is 12.1. The third kappa shape index (κ3) is 4.28. The molecule has 0 heterocycles. The summed E-state index contributed by atoms with van der Waals surface area (Å²) in [5.41, 5.74) is 0. The molecule has 3 amide bonds. The molecular weight excluding hydrogens is 208 g/mol. The van der Waals surface area contributed by atoms with E-state index in [0.29, 0.717) is 0 Å². The van der Waals surface area contributed by atoms with Crippen LogP contribution in [0.2, 0.25) is 0 Å². The lowest BCUT2D eigenvalue weighted by molar-refractivity contribution is -0.125. The molecule has 6 nitrogen and oxygen atoms in total. The molecule has 0 aliphatic rings. The maximum absolute atomic E-state index is 11.6. The summed E-state index contributed by atoms with van der Waals surface area (Å²) in [7, 11) is 1.43. The van der Waals surface area contributed by atoms with Crippen LogP contribution >= 0.6 is 0 Å². The summed E-state index contributed by atoms with van der Waals surface area (Å²) in [5, 5.41) is 13.1. The van der Waals surface area contributed by atoms with E-state index in [0.717, 1.165) is 0 Å². The fourth-order valence-corrected chi connectivity index (χ4v) is 1.28. The first-order valence-electron chi connectivity index (χ1n) is 5.09. The lowest BCUT2D eigenvalue weighted by Crippen LogP contribution is -2.51. The molecule has 90 valence electrons. The van der Waals surface area contributed by atoms with Gasteiger partial charge in [-0.05, 0) is 20.8 Å². The van der Waals surface area contributed by atoms with Gasteiger partial charge in [-0.25, -0.2) is 4.79 Å². The zero-order chi connectivity index (χ0) is 12.7. The molecule has 2 N–H and O–H groups in total. The minimum Gasteiger partial charge on any atom is -0.341 e. The Bertz CT molecular complexity index is 296. The van der Waals surface area contributed by atoms with Crippen LogP contribution in [0.4, 0.5) is 4.79 Å². The molecule has 1 unspecified atom stereocenters. The van der Waals surface area contributed by atoms with E-state index in [4.69, 9.17) is 5.26 Å². The molecule has 0 aliphatic heterocycles. The van der Waals surface area contributed by atoms with Gasteiger partial charge in [0, 0.05) is 13.1 Å². The van der Waals surface area contributed by atoms with Crippen molar-refractivity contribution in [2.24, 2.45) is 0 Å². The molecule has 0 aromatic heterocycles. The fraction of sp³-hybridized carbons (Fsp3) is 0.700. The summed E-state index contributed by atoms with van der Waals surface area (Å²) < 4.78 is 0. The average Bonchev–Trinajstić information content (AvgIpc) is 2.24. The predicted octanol–water partition coefficient (Wildman–Crippen LogP) is 0.0645. The molecule has 0 aromatic rings. The topological polar surface area (TPSA) is 85.2 Å². The van der Waals surface area contributed by atoms with Crippen LogP contribution in [0.25, 0.3) is 0 Å². The number of amides is 3. The Morgan fingerprint density at radius 2 is 1.94 bits per heavy atom. The highest BCUT2D eigenvalue weighted by molar-refractivity contribution is 5.96. The van der Waals surface area contributed by atoms with Gasteiger partial charge in [0.15, 0.2) is 0 Å². The minimum absolute atomic E-state index is 0.0603. The highest BCUT2D eigenvalue weighted by Crippen LogP contribution is 2.04. The summed E-state index contributed by atoms with van der Waals surface area (Å²) in [6.07, 6.45) is 0. The Morgan fingerprint density at radius 3 is 2.31 bits per heavy atom. The molecule has 6 heteroatoms. The average molecular weight is 226 g/mol. The molecule has 0 bridgehead atoms. The largest absolute Gasteiger partial charge is 0.341 e. The van der Waals surface area contributed by atoms with E-state index >= 15 is 0 Å². The summed E-state index contributed by atoms with van der Waals surface area (Å²) in [6, 6.07) is 0.997. The predicted molar refractivity (Wildman–Crippen MR) is 59.5 cm³/mol. The smallest absolute Gasteiger partial charge is 0.321 e. The Labute approximate surface area is 95.6 Å². The molecule has 1 atom stereocenters. The van der Waals surface area contributed by atoms with E-state index in [1.165, 1.54) is 7.05 Å². The Balaban J connectivity index is 4.50. The van der Waals surface area contributed by atoms with E-state index < -0.39 is 18.0 Å². The summed E-state index contributed by atoms with van der Waals surface area (Å²) >= 11 is 0. The summed E-state index contributed by atoms with van der Waals surface area (Å²) in [6.45, 7) is 5.59. The fourth-order valence-electron chi connectivity index (χ4n) is 1.28. The molecule has 0 fully saturated rings. The van der Waals surface area contributed by atoms with Gasteiger partial charge < -0.3 is 5.32 Å². The van der Waals surface area contributed by atoms with E-state index in [-0.39, 0.29) is 12.6 Å². The van der Waals surface area contributed by atoms with Crippen molar-refractivity contribution in [3.05, 3.63) is 0 Å². The van der Waals surface area contributed by atoms with Gasteiger partial charge in [-0.3, -0.25) is 15.0 Å². The number of urea groups is 1. The Morgan fingerprint density at radius 1 is 1.38 bits per heavy atom. The van der Waals surface area contributed by atoms with Crippen molar-refractivity contribution in [3.8, 4) is 6.07 Å². The first kappa shape index (κ1) is 14.4. The lowest BCUT2D eigenvalue weighted by Gasteiger charge is -2.28. The number of hydrogen-bond acceptors (Lipinski definition) is 4. The first-order chi connectivity index (χ1) is 7.43. The van der Waals surface area contributed by atoms with Crippen molar-refractivity contribution < 1.29 is 9.59 Å². The maximum Gasteiger partial charge on any atom is 0.321 e. The van der Waals surface area contributed by atoms with Crippen LogP contribution in [0.3, 0.4) is 0 Å². The number of imide groups is 1. The van der Waals surface area contributed by atoms with Crippen molar-refractivity contribution >= 4 is 11.9 Å². The second-order valence-electron chi connectivity index (χ2n) is 3.67. The van der Waals surface area contributed by atoms with Crippen molar-refractivity contribution in [3.63, 3.8) is 0 Å². The standard InChI is InChI=1S/C10H18N4O2/c1-7(2)14(6-5-11)8(3)9(15)13-10(16)12-4/h7-8H,6H2,1-4H3,(H2,12,13,15,16).